The molecule has 5 heteroatoms. The fourth-order valence-corrected chi connectivity index (χ4v) is 2.63. The highest BCUT2D eigenvalue weighted by atomic mass is 16.5. The van der Waals surface area contributed by atoms with E-state index >= 15 is 0 Å². The molecule has 0 aromatic carbocycles. The SMILES string of the molecule is COC(=O)CCNC(=O)C1CC2CCC1N2. The molecule has 2 saturated heterocycles. The fourth-order valence-electron chi connectivity index (χ4n) is 2.63. The van der Waals surface area contributed by atoms with Crippen LogP contribution in [-0.4, -0.2) is 37.6 Å². The summed E-state index contributed by atoms with van der Waals surface area (Å²) in [6, 6.07) is 0.879. The number of hydrogen-bond acceptors (Lipinski definition) is 4. The van der Waals surface area contributed by atoms with Gasteiger partial charge in [0.05, 0.1) is 19.4 Å². The molecule has 0 aromatic rings. The Morgan fingerprint density at radius 3 is 2.81 bits per heavy atom. The number of hydrogen-bond donors (Lipinski definition) is 2. The summed E-state index contributed by atoms with van der Waals surface area (Å²) in [6.45, 7) is 0.374. The van der Waals surface area contributed by atoms with Crippen molar-refractivity contribution < 1.29 is 14.3 Å². The zero-order valence-electron chi connectivity index (χ0n) is 9.49. The molecule has 2 fully saturated rings. The maximum absolute atomic E-state index is 11.8. The van der Waals surface area contributed by atoms with Crippen molar-refractivity contribution in [2.75, 3.05) is 13.7 Å². The summed E-state index contributed by atoms with van der Waals surface area (Å²) in [5.74, 6) is -0.119. The molecule has 2 bridgehead atoms. The third-order valence-corrected chi connectivity index (χ3v) is 3.49. The Labute approximate surface area is 94.9 Å². The lowest BCUT2D eigenvalue weighted by molar-refractivity contribution is -0.140. The van der Waals surface area contributed by atoms with E-state index in [4.69, 9.17) is 0 Å². The predicted octanol–water partition coefficient (Wildman–Crippen LogP) is -0.194. The van der Waals surface area contributed by atoms with Crippen molar-refractivity contribution in [3.05, 3.63) is 0 Å². The summed E-state index contributed by atoms with van der Waals surface area (Å²) in [4.78, 5) is 22.7. The van der Waals surface area contributed by atoms with Crippen LogP contribution in [0.25, 0.3) is 0 Å². The number of ether oxygens (including phenoxy) is 1. The number of amides is 1. The van der Waals surface area contributed by atoms with Gasteiger partial charge in [0, 0.05) is 18.6 Å². The highest BCUT2D eigenvalue weighted by Gasteiger charge is 2.42. The number of esters is 1. The van der Waals surface area contributed by atoms with Crippen LogP contribution in [0.5, 0.6) is 0 Å². The van der Waals surface area contributed by atoms with Crippen LogP contribution in [0.3, 0.4) is 0 Å². The molecule has 16 heavy (non-hydrogen) atoms. The number of rotatable bonds is 4. The van der Waals surface area contributed by atoms with Crippen LogP contribution in [-0.2, 0) is 14.3 Å². The number of methoxy groups -OCH3 is 1. The van der Waals surface area contributed by atoms with Gasteiger partial charge in [0.15, 0.2) is 0 Å². The van der Waals surface area contributed by atoms with Crippen LogP contribution >= 0.6 is 0 Å². The minimum atomic E-state index is -0.286. The van der Waals surface area contributed by atoms with Gasteiger partial charge in [-0.25, -0.2) is 0 Å². The van der Waals surface area contributed by atoms with E-state index in [-0.39, 0.29) is 24.2 Å². The summed E-state index contributed by atoms with van der Waals surface area (Å²) in [5.41, 5.74) is 0. The molecule has 5 nitrogen and oxygen atoms in total. The van der Waals surface area contributed by atoms with Crippen molar-refractivity contribution >= 4 is 11.9 Å². The summed E-state index contributed by atoms with van der Waals surface area (Å²) >= 11 is 0. The van der Waals surface area contributed by atoms with Gasteiger partial charge >= 0.3 is 5.97 Å². The molecular formula is C11H18N2O3. The predicted molar refractivity (Wildman–Crippen MR) is 57.7 cm³/mol. The van der Waals surface area contributed by atoms with E-state index in [1.54, 1.807) is 0 Å². The monoisotopic (exact) mass is 226 g/mol. The molecule has 0 aliphatic carbocycles. The second-order valence-corrected chi connectivity index (χ2v) is 4.51. The van der Waals surface area contributed by atoms with Gasteiger partial charge in [-0.15, -0.1) is 0 Å². The molecule has 3 unspecified atom stereocenters. The average molecular weight is 226 g/mol. The molecule has 0 aromatic heterocycles. The molecular weight excluding hydrogens is 208 g/mol. The molecule has 2 rings (SSSR count). The van der Waals surface area contributed by atoms with Gasteiger partial charge in [-0.1, -0.05) is 0 Å². The number of nitrogens with one attached hydrogen (secondary N) is 2. The Balaban J connectivity index is 1.70. The van der Waals surface area contributed by atoms with E-state index in [2.05, 4.69) is 15.4 Å². The smallest absolute Gasteiger partial charge is 0.307 e. The van der Waals surface area contributed by atoms with Gasteiger partial charge in [0.25, 0.3) is 0 Å². The van der Waals surface area contributed by atoms with E-state index in [9.17, 15) is 9.59 Å². The third-order valence-electron chi connectivity index (χ3n) is 3.49. The number of fused-ring (bicyclic) bond motifs is 2. The van der Waals surface area contributed by atoms with Crippen molar-refractivity contribution in [1.82, 2.24) is 10.6 Å². The second-order valence-electron chi connectivity index (χ2n) is 4.51. The van der Waals surface area contributed by atoms with E-state index in [0.717, 1.165) is 12.8 Å². The maximum Gasteiger partial charge on any atom is 0.307 e. The number of carbonyl (C=O) groups is 2. The Morgan fingerprint density at radius 2 is 2.25 bits per heavy atom. The normalized spacial score (nSPS) is 31.4. The van der Waals surface area contributed by atoms with Gasteiger partial charge in [-0.2, -0.15) is 0 Å². The molecule has 2 N–H and O–H groups in total. The minimum absolute atomic E-state index is 0.0728. The highest BCUT2D eigenvalue weighted by Crippen LogP contribution is 2.33. The first kappa shape index (κ1) is 11.4. The fraction of sp³-hybridized carbons (Fsp3) is 0.818. The zero-order valence-corrected chi connectivity index (χ0v) is 9.49. The maximum atomic E-state index is 11.8. The largest absolute Gasteiger partial charge is 0.469 e. The summed E-state index contributed by atoms with van der Waals surface area (Å²) < 4.78 is 4.50. The summed E-state index contributed by atoms with van der Waals surface area (Å²) in [5, 5.41) is 6.21. The van der Waals surface area contributed by atoms with E-state index in [1.165, 1.54) is 13.5 Å². The first-order chi connectivity index (χ1) is 7.70. The molecule has 2 heterocycles. The van der Waals surface area contributed by atoms with Crippen LogP contribution in [0.1, 0.15) is 25.7 Å². The Morgan fingerprint density at radius 1 is 1.44 bits per heavy atom. The lowest BCUT2D eigenvalue weighted by Crippen LogP contribution is -2.38. The molecule has 2 aliphatic rings. The summed E-state index contributed by atoms with van der Waals surface area (Å²) in [7, 11) is 1.35. The van der Waals surface area contributed by atoms with E-state index < -0.39 is 0 Å². The first-order valence-corrected chi connectivity index (χ1v) is 5.81. The van der Waals surface area contributed by atoms with E-state index in [0.29, 0.717) is 18.6 Å². The second kappa shape index (κ2) is 4.82. The molecule has 2 aliphatic heterocycles. The van der Waals surface area contributed by atoms with Crippen LogP contribution in [0.15, 0.2) is 0 Å². The van der Waals surface area contributed by atoms with Crippen molar-refractivity contribution in [1.29, 1.82) is 0 Å². The van der Waals surface area contributed by atoms with Gasteiger partial charge < -0.3 is 15.4 Å². The third kappa shape index (κ3) is 2.35. The van der Waals surface area contributed by atoms with Crippen LogP contribution in [0.4, 0.5) is 0 Å². The molecule has 3 atom stereocenters. The van der Waals surface area contributed by atoms with Crippen molar-refractivity contribution in [3.63, 3.8) is 0 Å². The first-order valence-electron chi connectivity index (χ1n) is 5.81. The Hall–Kier alpha value is -1.10. The van der Waals surface area contributed by atoms with Gasteiger partial charge in [-0.3, -0.25) is 9.59 Å². The average Bonchev–Trinajstić information content (AvgIpc) is 2.90. The highest BCUT2D eigenvalue weighted by molar-refractivity contribution is 5.80. The summed E-state index contributed by atoms with van der Waals surface area (Å²) in [6.07, 6.45) is 3.47. The zero-order chi connectivity index (χ0) is 11.5. The lowest BCUT2D eigenvalue weighted by atomic mass is 9.88. The van der Waals surface area contributed by atoms with Crippen molar-refractivity contribution in [2.24, 2.45) is 5.92 Å². The van der Waals surface area contributed by atoms with Gasteiger partial charge in [0.1, 0.15) is 0 Å². The molecule has 0 radical (unpaired) electrons. The van der Waals surface area contributed by atoms with Crippen molar-refractivity contribution in [3.8, 4) is 0 Å². The van der Waals surface area contributed by atoms with Crippen LogP contribution in [0.2, 0.25) is 0 Å². The molecule has 1 amide bonds. The van der Waals surface area contributed by atoms with Gasteiger partial charge in [0.2, 0.25) is 5.91 Å². The minimum Gasteiger partial charge on any atom is -0.469 e. The standard InChI is InChI=1S/C11H18N2O3/c1-16-10(14)4-5-12-11(15)8-6-7-2-3-9(8)13-7/h7-9,13H,2-6H2,1H3,(H,12,15). The van der Waals surface area contributed by atoms with E-state index in [1.807, 2.05) is 0 Å². The van der Waals surface area contributed by atoms with Crippen molar-refractivity contribution in [2.45, 2.75) is 37.8 Å². The number of carbonyl (C=O) groups excluding carboxylic acids is 2. The Bertz CT molecular complexity index is 293. The quantitative estimate of drug-likeness (QED) is 0.652. The molecule has 0 spiro atoms. The van der Waals surface area contributed by atoms with Crippen LogP contribution in [0, 0.1) is 5.92 Å². The van der Waals surface area contributed by atoms with Gasteiger partial charge in [-0.05, 0) is 19.3 Å². The lowest BCUT2D eigenvalue weighted by Gasteiger charge is -2.19. The Kier molecular flexibility index (Phi) is 3.43. The molecule has 0 saturated carbocycles. The topological polar surface area (TPSA) is 67.4 Å². The van der Waals surface area contributed by atoms with Crippen LogP contribution < -0.4 is 10.6 Å². The molecule has 90 valence electrons.